The lowest BCUT2D eigenvalue weighted by atomic mass is 10.1. The first kappa shape index (κ1) is 15.0. The molecule has 0 aliphatic carbocycles. The van der Waals surface area contributed by atoms with Crippen LogP contribution < -0.4 is 4.74 Å². The summed E-state index contributed by atoms with van der Waals surface area (Å²) in [5.41, 5.74) is 0.544. The predicted molar refractivity (Wildman–Crippen MR) is 73.1 cm³/mol. The number of halogens is 4. The quantitative estimate of drug-likeness (QED) is 0.592. The summed E-state index contributed by atoms with van der Waals surface area (Å²) >= 11 is 23.4. The Morgan fingerprint density at radius 3 is 2.29 bits per heavy atom. The molecule has 0 unspecified atom stereocenters. The number of benzene rings is 1. The molecule has 0 radical (unpaired) electrons. The molecule has 2 nitrogen and oxygen atoms in total. The van der Waals surface area contributed by atoms with E-state index in [1.54, 1.807) is 0 Å². The van der Waals surface area contributed by atoms with Gasteiger partial charge in [0.2, 0.25) is 0 Å². The van der Waals surface area contributed by atoms with Crippen LogP contribution in [0.2, 0.25) is 15.1 Å². The first-order valence-electron chi connectivity index (χ1n) is 5.11. The molecule has 1 aromatic rings. The Bertz CT molecular complexity index is 407. The Balaban J connectivity index is 3.28. The van der Waals surface area contributed by atoms with Crippen molar-refractivity contribution in [3.63, 3.8) is 0 Å². The molecule has 0 fully saturated rings. The van der Waals surface area contributed by atoms with Crippen LogP contribution in [-0.4, -0.2) is 11.2 Å². The van der Waals surface area contributed by atoms with E-state index < -0.39 is 0 Å². The zero-order valence-corrected chi connectivity index (χ0v) is 12.2. The van der Waals surface area contributed by atoms with Crippen LogP contribution in [0.3, 0.4) is 0 Å². The Morgan fingerprint density at radius 2 is 1.76 bits per heavy atom. The number of hydrogen-bond acceptors (Lipinski definition) is 2. The second kappa shape index (κ2) is 6.79. The van der Waals surface area contributed by atoms with Crippen molar-refractivity contribution in [3.8, 4) is 11.5 Å². The highest BCUT2D eigenvalue weighted by atomic mass is 35.5. The van der Waals surface area contributed by atoms with Gasteiger partial charge in [0.15, 0.2) is 17.6 Å². The Morgan fingerprint density at radius 1 is 1.12 bits per heavy atom. The predicted octanol–water partition coefficient (Wildman–Crippen LogP) is 5.27. The lowest BCUT2D eigenvalue weighted by Crippen LogP contribution is -1.96. The molecule has 0 aliphatic heterocycles. The summed E-state index contributed by atoms with van der Waals surface area (Å²) in [6, 6.07) is -0.127. The van der Waals surface area contributed by atoms with E-state index in [0.717, 1.165) is 12.8 Å². The molecule has 6 heteroatoms. The molecule has 0 atom stereocenters. The van der Waals surface area contributed by atoms with Crippen molar-refractivity contribution >= 4 is 46.4 Å². The minimum absolute atomic E-state index is 0.0788. The van der Waals surface area contributed by atoms with Crippen LogP contribution >= 0.6 is 46.4 Å². The van der Waals surface area contributed by atoms with Crippen molar-refractivity contribution < 1.29 is 9.84 Å². The molecule has 0 heterocycles. The maximum absolute atomic E-state index is 10.0. The summed E-state index contributed by atoms with van der Waals surface area (Å²) in [6.07, 6.45) is 2.46. The highest BCUT2D eigenvalue weighted by molar-refractivity contribution is 6.49. The highest BCUT2D eigenvalue weighted by Crippen LogP contribution is 2.47. The topological polar surface area (TPSA) is 29.5 Å². The van der Waals surface area contributed by atoms with E-state index in [-0.39, 0.29) is 32.6 Å². The monoisotopic (exact) mass is 316 g/mol. The zero-order valence-electron chi connectivity index (χ0n) is 9.20. The van der Waals surface area contributed by atoms with E-state index in [2.05, 4.69) is 0 Å². The molecule has 1 aromatic carbocycles. The van der Waals surface area contributed by atoms with Crippen molar-refractivity contribution in [1.82, 2.24) is 0 Å². The summed E-state index contributed by atoms with van der Waals surface area (Å²) < 4.78 is 5.06. The Hall–Kier alpha value is -0.0200. The average Bonchev–Trinajstić information content (AvgIpc) is 2.32. The minimum atomic E-state index is -0.127. The Kier molecular flexibility index (Phi) is 6.01. The molecule has 96 valence electrons. The van der Waals surface area contributed by atoms with Gasteiger partial charge in [0.05, 0.1) is 10.0 Å². The summed E-state index contributed by atoms with van der Waals surface area (Å²) in [7, 11) is 0. The molecule has 0 saturated heterocycles. The smallest absolute Gasteiger partial charge is 0.183 e. The van der Waals surface area contributed by atoms with E-state index >= 15 is 0 Å². The third-order valence-corrected chi connectivity index (χ3v) is 3.79. The maximum Gasteiger partial charge on any atom is 0.183 e. The fourth-order valence-corrected chi connectivity index (χ4v) is 2.32. The molecule has 0 bridgehead atoms. The average molecular weight is 318 g/mol. The van der Waals surface area contributed by atoms with Crippen molar-refractivity contribution in [2.75, 3.05) is 6.07 Å². The molecular weight excluding hydrogens is 306 g/mol. The van der Waals surface area contributed by atoms with Gasteiger partial charge in [-0.05, 0) is 12.8 Å². The normalized spacial score (nSPS) is 10.6. The molecule has 0 saturated carbocycles. The van der Waals surface area contributed by atoms with Gasteiger partial charge in [-0.2, -0.15) is 0 Å². The molecule has 1 rings (SSSR count). The lowest BCUT2D eigenvalue weighted by molar-refractivity contribution is 0.352. The fraction of sp³-hybridized carbons (Fsp3) is 0.455. The molecule has 17 heavy (non-hydrogen) atoms. The standard InChI is InChI=1S/C11H12Cl4O2/c1-2-3-4-6-7(13)8(14)9(15)11(10(6)16)17-5-12/h16H,2-5H2,1H3. The molecule has 0 spiro atoms. The van der Waals surface area contributed by atoms with Gasteiger partial charge < -0.3 is 9.84 Å². The fourth-order valence-electron chi connectivity index (χ4n) is 1.44. The summed E-state index contributed by atoms with van der Waals surface area (Å²) in [4.78, 5) is 0. The van der Waals surface area contributed by atoms with Gasteiger partial charge in [-0.15, -0.1) is 0 Å². The molecule has 0 aliphatic rings. The van der Waals surface area contributed by atoms with E-state index in [1.165, 1.54) is 0 Å². The van der Waals surface area contributed by atoms with Crippen LogP contribution in [-0.2, 0) is 6.42 Å². The second-order valence-corrected chi connectivity index (χ2v) is 4.81. The van der Waals surface area contributed by atoms with Gasteiger partial charge in [0, 0.05) is 5.56 Å². The molecule has 0 amide bonds. The van der Waals surface area contributed by atoms with Gasteiger partial charge in [0.25, 0.3) is 0 Å². The lowest BCUT2D eigenvalue weighted by Gasteiger charge is -2.15. The van der Waals surface area contributed by atoms with Crippen LogP contribution in [0, 0.1) is 0 Å². The summed E-state index contributed by atoms with van der Waals surface area (Å²) in [6.45, 7) is 2.04. The van der Waals surface area contributed by atoms with E-state index in [0.29, 0.717) is 12.0 Å². The van der Waals surface area contributed by atoms with Crippen molar-refractivity contribution in [2.24, 2.45) is 0 Å². The van der Waals surface area contributed by atoms with Gasteiger partial charge in [-0.3, -0.25) is 0 Å². The number of aromatic hydroxyl groups is 1. The SMILES string of the molecule is CCCCc1c(O)c(OCCl)c(Cl)c(Cl)c1Cl. The minimum Gasteiger partial charge on any atom is -0.504 e. The highest BCUT2D eigenvalue weighted by Gasteiger charge is 2.21. The Labute approximate surface area is 120 Å². The van der Waals surface area contributed by atoms with E-state index in [9.17, 15) is 5.11 Å². The van der Waals surface area contributed by atoms with Gasteiger partial charge >= 0.3 is 0 Å². The number of phenolic OH excluding ortho intramolecular Hbond substituents is 1. The van der Waals surface area contributed by atoms with Crippen LogP contribution in [0.1, 0.15) is 25.3 Å². The van der Waals surface area contributed by atoms with Gasteiger partial charge in [0.1, 0.15) is 5.02 Å². The largest absolute Gasteiger partial charge is 0.504 e. The maximum atomic E-state index is 10.0. The molecule has 0 aromatic heterocycles. The zero-order chi connectivity index (χ0) is 13.0. The molecule has 1 N–H and O–H groups in total. The third kappa shape index (κ3) is 3.25. The van der Waals surface area contributed by atoms with E-state index in [1.807, 2.05) is 6.92 Å². The van der Waals surface area contributed by atoms with Gasteiger partial charge in [-0.25, -0.2) is 0 Å². The van der Waals surface area contributed by atoms with Crippen LogP contribution in [0.4, 0.5) is 0 Å². The second-order valence-electron chi connectivity index (χ2n) is 3.46. The summed E-state index contributed by atoms with van der Waals surface area (Å²) in [5, 5.41) is 10.5. The number of alkyl halides is 1. The van der Waals surface area contributed by atoms with Crippen LogP contribution in [0.15, 0.2) is 0 Å². The molecular formula is C11H12Cl4O2. The number of rotatable bonds is 5. The van der Waals surface area contributed by atoms with Crippen LogP contribution in [0.5, 0.6) is 11.5 Å². The number of hydrogen-bond donors (Lipinski definition) is 1. The number of unbranched alkanes of at least 4 members (excludes halogenated alkanes) is 1. The van der Waals surface area contributed by atoms with E-state index in [4.69, 9.17) is 51.1 Å². The first-order chi connectivity index (χ1) is 8.04. The van der Waals surface area contributed by atoms with Crippen molar-refractivity contribution in [2.45, 2.75) is 26.2 Å². The van der Waals surface area contributed by atoms with Crippen LogP contribution in [0.25, 0.3) is 0 Å². The first-order valence-corrected chi connectivity index (χ1v) is 6.78. The summed E-state index contributed by atoms with van der Waals surface area (Å²) in [5.74, 6) is 0.000620. The van der Waals surface area contributed by atoms with Crippen molar-refractivity contribution in [3.05, 3.63) is 20.6 Å². The van der Waals surface area contributed by atoms with Gasteiger partial charge in [-0.1, -0.05) is 59.7 Å². The van der Waals surface area contributed by atoms with Crippen molar-refractivity contribution in [1.29, 1.82) is 0 Å². The number of phenols is 1. The number of ether oxygens (including phenoxy) is 1. The third-order valence-electron chi connectivity index (χ3n) is 2.33.